The fourth-order valence-electron chi connectivity index (χ4n) is 1.12. The number of aromatic nitrogens is 2. The van der Waals surface area contributed by atoms with Gasteiger partial charge in [-0.15, -0.1) is 0 Å². The van der Waals surface area contributed by atoms with Crippen LogP contribution in [0, 0.1) is 0 Å². The van der Waals surface area contributed by atoms with Gasteiger partial charge in [0.1, 0.15) is 0 Å². The Bertz CT molecular complexity index is 387. The molecule has 1 N–H and O–H groups in total. The first-order valence-corrected chi connectivity index (χ1v) is 4.93. The Balaban J connectivity index is 2.33. The summed E-state index contributed by atoms with van der Waals surface area (Å²) in [6, 6.07) is 0. The number of hydrogen-bond donors (Lipinski definition) is 1. The molecule has 0 radical (unpaired) electrons. The van der Waals surface area contributed by atoms with Crippen LogP contribution in [0.5, 0.6) is 0 Å². The van der Waals surface area contributed by atoms with Gasteiger partial charge in [-0.25, -0.2) is 4.98 Å². The second kappa shape index (κ2) is 5.32. The molecule has 0 aliphatic rings. The SMILES string of the molecule is O=C(NCCCn1ccnc1)C(F)(F)C(F)(F)F. The van der Waals surface area contributed by atoms with E-state index in [-0.39, 0.29) is 13.0 Å². The lowest BCUT2D eigenvalue weighted by Gasteiger charge is -2.18. The highest BCUT2D eigenvalue weighted by atomic mass is 19.4. The number of alkyl halides is 5. The van der Waals surface area contributed by atoms with E-state index in [4.69, 9.17) is 0 Å². The lowest BCUT2D eigenvalue weighted by atomic mass is 10.3. The normalized spacial score (nSPS) is 12.5. The van der Waals surface area contributed by atoms with Crippen molar-refractivity contribution in [2.24, 2.45) is 0 Å². The molecule has 1 aromatic rings. The van der Waals surface area contributed by atoms with Crippen LogP contribution in [0.1, 0.15) is 6.42 Å². The first-order chi connectivity index (χ1) is 8.25. The van der Waals surface area contributed by atoms with Crippen molar-refractivity contribution in [3.8, 4) is 0 Å². The van der Waals surface area contributed by atoms with Crippen LogP contribution in [-0.2, 0) is 11.3 Å². The van der Waals surface area contributed by atoms with E-state index in [1.807, 2.05) is 0 Å². The molecule has 1 heterocycles. The number of rotatable bonds is 5. The molecular formula is C9H10F5N3O. The summed E-state index contributed by atoms with van der Waals surface area (Å²) in [5, 5.41) is 1.55. The summed E-state index contributed by atoms with van der Waals surface area (Å²) in [5.41, 5.74) is 0. The van der Waals surface area contributed by atoms with Gasteiger partial charge in [-0.3, -0.25) is 4.79 Å². The molecule has 0 unspecified atom stereocenters. The van der Waals surface area contributed by atoms with E-state index in [2.05, 4.69) is 4.98 Å². The number of nitrogens with zero attached hydrogens (tertiary/aromatic N) is 2. The van der Waals surface area contributed by atoms with E-state index in [1.54, 1.807) is 16.1 Å². The van der Waals surface area contributed by atoms with Crippen LogP contribution in [0.3, 0.4) is 0 Å². The van der Waals surface area contributed by atoms with Gasteiger partial charge in [0.05, 0.1) is 6.33 Å². The standard InChI is InChI=1S/C9H10F5N3O/c10-8(11,9(12,13)14)7(18)16-2-1-4-17-5-3-15-6-17/h3,5-6H,1-2,4H2,(H,16,18). The molecular weight excluding hydrogens is 261 g/mol. The van der Waals surface area contributed by atoms with Crippen LogP contribution in [0.2, 0.25) is 0 Å². The van der Waals surface area contributed by atoms with Crippen LogP contribution in [-0.4, -0.2) is 34.1 Å². The van der Waals surface area contributed by atoms with Crippen molar-refractivity contribution < 1.29 is 26.7 Å². The Hall–Kier alpha value is -1.67. The van der Waals surface area contributed by atoms with Crippen LogP contribution in [0.15, 0.2) is 18.7 Å². The summed E-state index contributed by atoms with van der Waals surface area (Å²) < 4.78 is 61.9. The van der Waals surface area contributed by atoms with Gasteiger partial charge in [0, 0.05) is 25.5 Å². The van der Waals surface area contributed by atoms with Crippen LogP contribution in [0.25, 0.3) is 0 Å². The number of imidazole rings is 1. The smallest absolute Gasteiger partial charge is 0.350 e. The van der Waals surface area contributed by atoms with Gasteiger partial charge in [-0.2, -0.15) is 22.0 Å². The molecule has 0 aliphatic heterocycles. The zero-order valence-electron chi connectivity index (χ0n) is 9.05. The molecule has 9 heteroatoms. The highest BCUT2D eigenvalue weighted by Crippen LogP contribution is 2.35. The molecule has 0 bridgehead atoms. The maximum absolute atomic E-state index is 12.5. The number of carbonyl (C=O) groups excluding carboxylic acids is 1. The lowest BCUT2D eigenvalue weighted by molar-refractivity contribution is -0.269. The quantitative estimate of drug-likeness (QED) is 0.653. The van der Waals surface area contributed by atoms with Crippen LogP contribution >= 0.6 is 0 Å². The molecule has 0 saturated heterocycles. The fourth-order valence-corrected chi connectivity index (χ4v) is 1.12. The fraction of sp³-hybridized carbons (Fsp3) is 0.556. The van der Waals surface area contributed by atoms with E-state index in [0.717, 1.165) is 0 Å². The Morgan fingerprint density at radius 2 is 1.94 bits per heavy atom. The molecule has 0 aromatic carbocycles. The number of amides is 1. The van der Waals surface area contributed by atoms with Gasteiger partial charge >= 0.3 is 12.1 Å². The van der Waals surface area contributed by atoms with E-state index >= 15 is 0 Å². The van der Waals surface area contributed by atoms with Gasteiger partial charge in [0.2, 0.25) is 0 Å². The summed E-state index contributed by atoms with van der Waals surface area (Å²) in [6.07, 6.45) is -1.09. The van der Waals surface area contributed by atoms with Gasteiger partial charge < -0.3 is 9.88 Å². The van der Waals surface area contributed by atoms with E-state index < -0.39 is 18.0 Å². The average molecular weight is 271 g/mol. The van der Waals surface area contributed by atoms with Crippen molar-refractivity contribution in [1.82, 2.24) is 14.9 Å². The Morgan fingerprint density at radius 1 is 1.28 bits per heavy atom. The highest BCUT2D eigenvalue weighted by molar-refractivity contribution is 5.84. The van der Waals surface area contributed by atoms with E-state index in [1.165, 1.54) is 12.5 Å². The number of hydrogen-bond acceptors (Lipinski definition) is 2. The second-order valence-electron chi connectivity index (χ2n) is 3.48. The zero-order valence-corrected chi connectivity index (χ0v) is 9.05. The summed E-state index contributed by atoms with van der Waals surface area (Å²) in [6.45, 7) is 0.0839. The average Bonchev–Trinajstić information content (AvgIpc) is 2.75. The van der Waals surface area contributed by atoms with Crippen molar-refractivity contribution in [3.05, 3.63) is 18.7 Å². The summed E-state index contributed by atoms with van der Waals surface area (Å²) in [5.74, 6) is -7.69. The zero-order chi connectivity index (χ0) is 13.8. The molecule has 102 valence electrons. The van der Waals surface area contributed by atoms with Crippen molar-refractivity contribution in [3.63, 3.8) is 0 Å². The van der Waals surface area contributed by atoms with E-state index in [0.29, 0.717) is 6.54 Å². The maximum Gasteiger partial charge on any atom is 0.463 e. The monoisotopic (exact) mass is 271 g/mol. The minimum atomic E-state index is -5.87. The minimum Gasteiger partial charge on any atom is -0.350 e. The Labute approximate surface area is 98.8 Å². The summed E-state index contributed by atoms with van der Waals surface area (Å²) in [4.78, 5) is 14.4. The first-order valence-electron chi connectivity index (χ1n) is 4.93. The third-order valence-electron chi connectivity index (χ3n) is 2.08. The minimum absolute atomic E-state index is 0.218. The van der Waals surface area contributed by atoms with Crippen molar-refractivity contribution in [2.45, 2.75) is 25.1 Å². The predicted molar refractivity (Wildman–Crippen MR) is 50.9 cm³/mol. The summed E-state index contributed by atoms with van der Waals surface area (Å²) in [7, 11) is 0. The van der Waals surface area contributed by atoms with Crippen molar-refractivity contribution in [1.29, 1.82) is 0 Å². The lowest BCUT2D eigenvalue weighted by Crippen LogP contribution is -2.50. The molecule has 0 aliphatic carbocycles. The molecule has 18 heavy (non-hydrogen) atoms. The Morgan fingerprint density at radius 3 is 2.44 bits per heavy atom. The molecule has 0 saturated carbocycles. The third-order valence-corrected chi connectivity index (χ3v) is 2.08. The van der Waals surface area contributed by atoms with Gasteiger partial charge in [0.15, 0.2) is 0 Å². The molecule has 0 fully saturated rings. The van der Waals surface area contributed by atoms with Crippen molar-refractivity contribution in [2.75, 3.05) is 6.54 Å². The molecule has 1 rings (SSSR count). The molecule has 1 aromatic heterocycles. The second-order valence-corrected chi connectivity index (χ2v) is 3.48. The van der Waals surface area contributed by atoms with E-state index in [9.17, 15) is 26.7 Å². The number of aryl methyl sites for hydroxylation is 1. The Kier molecular flexibility index (Phi) is 4.25. The number of nitrogens with one attached hydrogen (secondary N) is 1. The van der Waals surface area contributed by atoms with Gasteiger partial charge in [0.25, 0.3) is 5.91 Å². The van der Waals surface area contributed by atoms with Gasteiger partial charge in [-0.05, 0) is 6.42 Å². The number of carbonyl (C=O) groups is 1. The topological polar surface area (TPSA) is 46.9 Å². The van der Waals surface area contributed by atoms with Crippen molar-refractivity contribution >= 4 is 5.91 Å². The highest BCUT2D eigenvalue weighted by Gasteiger charge is 2.63. The molecule has 0 spiro atoms. The van der Waals surface area contributed by atoms with Gasteiger partial charge in [-0.1, -0.05) is 0 Å². The maximum atomic E-state index is 12.5. The third kappa shape index (κ3) is 3.41. The largest absolute Gasteiger partial charge is 0.463 e. The van der Waals surface area contributed by atoms with Crippen LogP contribution in [0.4, 0.5) is 22.0 Å². The molecule has 0 atom stereocenters. The first kappa shape index (κ1) is 14.4. The summed E-state index contributed by atoms with van der Waals surface area (Å²) >= 11 is 0. The molecule has 1 amide bonds. The number of halogens is 5. The van der Waals surface area contributed by atoms with Crippen LogP contribution < -0.4 is 5.32 Å². The molecule has 4 nitrogen and oxygen atoms in total. The predicted octanol–water partition coefficient (Wildman–Crippen LogP) is 1.59.